The zero-order valence-corrected chi connectivity index (χ0v) is 14.8. The zero-order chi connectivity index (χ0) is 17.4. The Balaban J connectivity index is 1.91. The van der Waals surface area contributed by atoms with Gasteiger partial charge in [0.15, 0.2) is 5.96 Å². The molecule has 0 aliphatic heterocycles. The normalized spacial score (nSPS) is 12.9. The second-order valence-electron chi connectivity index (χ2n) is 6.01. The van der Waals surface area contributed by atoms with Gasteiger partial charge in [0, 0.05) is 12.8 Å². The molecule has 0 aromatic heterocycles. The number of aliphatic imine (C=N–C) groups is 1. The minimum Gasteiger partial charge on any atom is -0.380 e. The summed E-state index contributed by atoms with van der Waals surface area (Å²) in [5, 5.41) is 3.14. The molecule has 0 fully saturated rings. The Morgan fingerprint density at radius 2 is 1.71 bits per heavy atom. The number of methoxy groups -OCH3 is 1. The van der Waals surface area contributed by atoms with Crippen molar-refractivity contribution in [3.63, 3.8) is 0 Å². The number of benzene rings is 2. The van der Waals surface area contributed by atoms with E-state index < -0.39 is 0 Å². The summed E-state index contributed by atoms with van der Waals surface area (Å²) in [6, 6.07) is 16.6. The molecule has 0 saturated carbocycles. The van der Waals surface area contributed by atoms with Gasteiger partial charge in [0.2, 0.25) is 0 Å². The summed E-state index contributed by atoms with van der Waals surface area (Å²) in [5.74, 6) is 0.999. The standard InChI is InChI=1S/C20H27N3O/c1-4-15(2)18-9-11-19(12-10-18)23-20(21)22-13-16-5-7-17(8-6-16)14-24-3/h5-12,15H,4,13-14H2,1-3H3,(H3,21,22,23). The molecule has 128 valence electrons. The van der Waals surface area contributed by atoms with E-state index in [1.54, 1.807) is 7.11 Å². The van der Waals surface area contributed by atoms with E-state index in [1.807, 2.05) is 36.4 Å². The molecular weight excluding hydrogens is 298 g/mol. The molecule has 4 nitrogen and oxygen atoms in total. The highest BCUT2D eigenvalue weighted by Gasteiger charge is 2.03. The highest BCUT2D eigenvalue weighted by Crippen LogP contribution is 2.20. The molecule has 0 amide bonds. The summed E-state index contributed by atoms with van der Waals surface area (Å²) in [4.78, 5) is 4.39. The van der Waals surface area contributed by atoms with E-state index in [0.717, 1.165) is 23.2 Å². The number of guanidine groups is 1. The molecule has 0 radical (unpaired) electrons. The van der Waals surface area contributed by atoms with Crippen LogP contribution >= 0.6 is 0 Å². The molecule has 1 atom stereocenters. The first-order valence-corrected chi connectivity index (χ1v) is 8.36. The van der Waals surface area contributed by atoms with Crippen LogP contribution < -0.4 is 11.1 Å². The van der Waals surface area contributed by atoms with Gasteiger partial charge in [-0.1, -0.05) is 50.2 Å². The lowest BCUT2D eigenvalue weighted by Crippen LogP contribution is -2.22. The lowest BCUT2D eigenvalue weighted by Gasteiger charge is -2.11. The maximum absolute atomic E-state index is 5.97. The molecule has 3 N–H and O–H groups in total. The molecule has 24 heavy (non-hydrogen) atoms. The zero-order valence-electron chi connectivity index (χ0n) is 14.8. The van der Waals surface area contributed by atoms with Crippen LogP contribution in [0.3, 0.4) is 0 Å². The first kappa shape index (κ1) is 18.0. The Bertz CT molecular complexity index is 648. The van der Waals surface area contributed by atoms with Crippen molar-refractivity contribution >= 4 is 11.6 Å². The smallest absolute Gasteiger partial charge is 0.193 e. The van der Waals surface area contributed by atoms with Crippen LogP contribution in [-0.4, -0.2) is 13.1 Å². The van der Waals surface area contributed by atoms with Crippen molar-refractivity contribution in [1.29, 1.82) is 0 Å². The molecule has 0 aliphatic carbocycles. The highest BCUT2D eigenvalue weighted by atomic mass is 16.5. The van der Waals surface area contributed by atoms with Gasteiger partial charge in [-0.2, -0.15) is 0 Å². The van der Waals surface area contributed by atoms with Gasteiger partial charge in [-0.3, -0.25) is 0 Å². The predicted octanol–water partition coefficient (Wildman–Crippen LogP) is 4.27. The molecule has 2 rings (SSSR count). The Hall–Kier alpha value is -2.33. The molecule has 4 heteroatoms. The first-order valence-electron chi connectivity index (χ1n) is 8.36. The number of rotatable bonds is 7. The Kier molecular flexibility index (Phi) is 6.82. The molecule has 2 aromatic carbocycles. The number of hydrogen-bond donors (Lipinski definition) is 2. The summed E-state index contributed by atoms with van der Waals surface area (Å²) in [5.41, 5.74) is 10.5. The number of nitrogens with one attached hydrogen (secondary N) is 1. The van der Waals surface area contributed by atoms with E-state index in [2.05, 4.69) is 36.3 Å². The van der Waals surface area contributed by atoms with Gasteiger partial charge in [-0.05, 0) is 41.2 Å². The van der Waals surface area contributed by atoms with Crippen LogP contribution in [-0.2, 0) is 17.9 Å². The third kappa shape index (κ3) is 5.39. The van der Waals surface area contributed by atoms with Gasteiger partial charge in [-0.15, -0.1) is 0 Å². The molecule has 2 aromatic rings. The fraction of sp³-hybridized carbons (Fsp3) is 0.350. The number of nitrogens with two attached hydrogens (primary N) is 1. The quantitative estimate of drug-likeness (QED) is 0.590. The van der Waals surface area contributed by atoms with Gasteiger partial charge < -0.3 is 15.8 Å². The van der Waals surface area contributed by atoms with Crippen molar-refractivity contribution in [2.45, 2.75) is 39.3 Å². The van der Waals surface area contributed by atoms with Crippen molar-refractivity contribution in [2.24, 2.45) is 10.7 Å². The summed E-state index contributed by atoms with van der Waals surface area (Å²) >= 11 is 0. The molecule has 1 unspecified atom stereocenters. The van der Waals surface area contributed by atoms with Crippen LogP contribution in [0.5, 0.6) is 0 Å². The second-order valence-corrected chi connectivity index (χ2v) is 6.01. The molecule has 0 spiro atoms. The van der Waals surface area contributed by atoms with E-state index in [-0.39, 0.29) is 0 Å². The van der Waals surface area contributed by atoms with E-state index in [4.69, 9.17) is 10.5 Å². The van der Waals surface area contributed by atoms with Crippen molar-refractivity contribution in [3.8, 4) is 0 Å². The maximum Gasteiger partial charge on any atom is 0.193 e. The average molecular weight is 325 g/mol. The van der Waals surface area contributed by atoms with E-state index >= 15 is 0 Å². The monoisotopic (exact) mass is 325 g/mol. The predicted molar refractivity (Wildman–Crippen MR) is 101 cm³/mol. The Morgan fingerprint density at radius 3 is 2.29 bits per heavy atom. The lowest BCUT2D eigenvalue weighted by atomic mass is 9.99. The molecule has 0 saturated heterocycles. The number of nitrogens with zero attached hydrogens (tertiary/aromatic N) is 1. The maximum atomic E-state index is 5.97. The van der Waals surface area contributed by atoms with Crippen LogP contribution in [0.2, 0.25) is 0 Å². The summed E-state index contributed by atoms with van der Waals surface area (Å²) < 4.78 is 5.10. The largest absolute Gasteiger partial charge is 0.380 e. The van der Waals surface area contributed by atoms with Crippen LogP contribution in [0.4, 0.5) is 5.69 Å². The molecule has 0 bridgehead atoms. The van der Waals surface area contributed by atoms with Crippen LogP contribution in [0.1, 0.15) is 42.9 Å². The third-order valence-corrected chi connectivity index (χ3v) is 4.13. The Morgan fingerprint density at radius 1 is 1.08 bits per heavy atom. The van der Waals surface area contributed by atoms with E-state index in [1.165, 1.54) is 5.56 Å². The van der Waals surface area contributed by atoms with Gasteiger partial charge in [0.25, 0.3) is 0 Å². The number of anilines is 1. The van der Waals surface area contributed by atoms with E-state index in [0.29, 0.717) is 25.0 Å². The highest BCUT2D eigenvalue weighted by molar-refractivity contribution is 5.92. The first-order chi connectivity index (χ1) is 11.6. The van der Waals surface area contributed by atoms with E-state index in [9.17, 15) is 0 Å². The fourth-order valence-corrected chi connectivity index (χ4v) is 2.40. The minimum absolute atomic E-state index is 0.423. The fourth-order valence-electron chi connectivity index (χ4n) is 2.40. The lowest BCUT2D eigenvalue weighted by molar-refractivity contribution is 0.185. The van der Waals surface area contributed by atoms with Crippen LogP contribution in [0, 0.1) is 0 Å². The second kappa shape index (κ2) is 9.08. The van der Waals surface area contributed by atoms with Gasteiger partial charge in [0.1, 0.15) is 0 Å². The SMILES string of the molecule is CCC(C)c1ccc(NC(N)=NCc2ccc(COC)cc2)cc1. The van der Waals surface area contributed by atoms with Crippen molar-refractivity contribution in [2.75, 3.05) is 12.4 Å². The Labute approximate surface area is 144 Å². The van der Waals surface area contributed by atoms with Crippen molar-refractivity contribution in [3.05, 3.63) is 65.2 Å². The number of ether oxygens (including phenoxy) is 1. The molecule has 0 heterocycles. The minimum atomic E-state index is 0.423. The van der Waals surface area contributed by atoms with Crippen LogP contribution in [0.15, 0.2) is 53.5 Å². The van der Waals surface area contributed by atoms with Gasteiger partial charge >= 0.3 is 0 Å². The number of hydrogen-bond acceptors (Lipinski definition) is 2. The average Bonchev–Trinajstić information content (AvgIpc) is 2.61. The van der Waals surface area contributed by atoms with Gasteiger partial charge in [-0.25, -0.2) is 4.99 Å². The molecule has 0 aliphatic rings. The van der Waals surface area contributed by atoms with Crippen molar-refractivity contribution < 1.29 is 4.74 Å². The summed E-state index contributed by atoms with van der Waals surface area (Å²) in [6.45, 7) is 5.61. The van der Waals surface area contributed by atoms with Crippen molar-refractivity contribution in [1.82, 2.24) is 0 Å². The topological polar surface area (TPSA) is 59.6 Å². The third-order valence-electron chi connectivity index (χ3n) is 4.13. The van der Waals surface area contributed by atoms with Crippen LogP contribution in [0.25, 0.3) is 0 Å². The van der Waals surface area contributed by atoms with Gasteiger partial charge in [0.05, 0.1) is 13.2 Å². The summed E-state index contributed by atoms with van der Waals surface area (Å²) in [6.07, 6.45) is 1.14. The summed E-state index contributed by atoms with van der Waals surface area (Å²) in [7, 11) is 1.69. The molecular formula is C20H27N3O.